The van der Waals surface area contributed by atoms with E-state index in [9.17, 15) is 42.3 Å². The van der Waals surface area contributed by atoms with E-state index in [0.29, 0.717) is 47.3 Å². The second kappa shape index (κ2) is 25.9. The summed E-state index contributed by atoms with van der Waals surface area (Å²) >= 11 is 1.31. The minimum atomic E-state index is -4.22. The fourth-order valence-electron chi connectivity index (χ4n) is 6.94. The monoisotopic (exact) mass is 972 g/mol. The van der Waals surface area contributed by atoms with Crippen LogP contribution in [0.2, 0.25) is 0 Å². The summed E-state index contributed by atoms with van der Waals surface area (Å²) in [6.45, 7) is 10.0. The average Bonchev–Trinajstić information content (AvgIpc) is 3.31. The van der Waals surface area contributed by atoms with Crippen LogP contribution in [0.5, 0.6) is 0 Å². The molecule has 5 atom stereocenters. The highest BCUT2D eigenvalue weighted by atomic mass is 32.2. The molecule has 0 aliphatic rings. The smallest absolute Gasteiger partial charge is 0.325 e. The number of hydrogen-bond donors (Lipinski definition) is 6. The predicted octanol–water partition coefficient (Wildman–Crippen LogP) is 5.06. The second-order valence-corrected chi connectivity index (χ2v) is 19.9. The van der Waals surface area contributed by atoms with Crippen LogP contribution in [0.25, 0.3) is 10.8 Å². The van der Waals surface area contributed by atoms with E-state index in [1.807, 2.05) is 81.4 Å². The molecule has 0 unspecified atom stereocenters. The van der Waals surface area contributed by atoms with Gasteiger partial charge in [-0.2, -0.15) is 11.8 Å². The Labute approximate surface area is 403 Å². The summed E-state index contributed by atoms with van der Waals surface area (Å²) in [5.74, 6) is -4.69. The normalized spacial score (nSPS) is 14.0. The van der Waals surface area contributed by atoms with Crippen molar-refractivity contribution in [3.63, 3.8) is 0 Å². The molecule has 16 nitrogen and oxygen atoms in total. The molecule has 0 heterocycles. The number of nitrogens with one attached hydrogen (secondary N) is 5. The minimum Gasteiger partial charge on any atom is -0.480 e. The number of fused-ring (bicyclic) bond motifs is 1. The Bertz CT molecular complexity index is 2530. The first-order valence-electron chi connectivity index (χ1n) is 22.4. The lowest BCUT2D eigenvalue weighted by Crippen LogP contribution is -2.60. The molecule has 4 amide bonds. The molecule has 4 aromatic carbocycles. The Balaban J connectivity index is 1.45. The topological polar surface area (TPSA) is 229 Å². The van der Waals surface area contributed by atoms with Crippen molar-refractivity contribution in [3.8, 4) is 0 Å². The summed E-state index contributed by atoms with van der Waals surface area (Å²) in [4.78, 5) is 80.6. The maximum atomic E-state index is 14.1. The van der Waals surface area contributed by atoms with E-state index in [0.717, 1.165) is 16.8 Å². The Kier molecular flexibility index (Phi) is 20.8. The van der Waals surface area contributed by atoms with Crippen LogP contribution in [-0.2, 0) is 45.3 Å². The number of hydrogen-bond acceptors (Lipinski definition) is 11. The van der Waals surface area contributed by atoms with Gasteiger partial charge in [-0.05, 0) is 43.4 Å². The summed E-state index contributed by atoms with van der Waals surface area (Å²) in [5.41, 5.74) is 3.77. The van der Waals surface area contributed by atoms with Gasteiger partial charge in [-0.3, -0.25) is 28.8 Å². The molecule has 0 aromatic heterocycles. The number of carboxylic acids is 1. The third-order valence-corrected chi connectivity index (χ3v) is 13.6. The van der Waals surface area contributed by atoms with Crippen molar-refractivity contribution in [2.45, 2.75) is 83.6 Å². The summed E-state index contributed by atoms with van der Waals surface area (Å²) < 4.78 is 35.6. The Morgan fingerprint density at radius 3 is 2.00 bits per heavy atom. The quantitative estimate of drug-likeness (QED) is 0.0276. The first-order chi connectivity index (χ1) is 32.2. The van der Waals surface area contributed by atoms with Gasteiger partial charge in [0.15, 0.2) is 5.78 Å². The van der Waals surface area contributed by atoms with Gasteiger partial charge in [0.1, 0.15) is 24.2 Å². The van der Waals surface area contributed by atoms with Crippen molar-refractivity contribution in [2.24, 2.45) is 11.8 Å². The van der Waals surface area contributed by atoms with E-state index in [1.165, 1.54) is 24.8 Å². The molecule has 0 saturated carbocycles. The lowest BCUT2D eigenvalue weighted by atomic mass is 9.96. The van der Waals surface area contributed by atoms with Gasteiger partial charge in [-0.1, -0.05) is 125 Å². The van der Waals surface area contributed by atoms with Gasteiger partial charge in [-0.15, -0.1) is 0 Å². The standard InChI is InChI=1S/C50H64N6O10S2/c1-9-33(5)45(49(61)52-34(6)50(62)63)55-48(60)44(31(2)3)54-47(59)40(53-43(57)27-51-68(64,65)42-20-14-17-38-39(42)18-13-19-41(38)56(7)8)30-67-26-25-32(4)28-66-29-35-21-23-37(24-22-35)46(58)36-15-11-10-12-16-36/h10-25,31,33-34,40,44-45,51H,9,26-30H2,1-8H3,(H,52,61)(H,53,57)(H,54,59)(H,55,60)(H,62,63)/b32-25+/t33-,34-,40-,44-,45-/m0/s1. The van der Waals surface area contributed by atoms with Gasteiger partial charge in [-0.25, -0.2) is 13.1 Å². The maximum absolute atomic E-state index is 14.1. The summed E-state index contributed by atoms with van der Waals surface area (Å²) in [5, 5.41) is 21.0. The Morgan fingerprint density at radius 2 is 1.37 bits per heavy atom. The van der Waals surface area contributed by atoms with E-state index >= 15 is 0 Å². The summed E-state index contributed by atoms with van der Waals surface area (Å²) in [7, 11) is -0.526. The molecule has 4 aromatic rings. The second-order valence-electron chi connectivity index (χ2n) is 17.1. The zero-order valence-electron chi connectivity index (χ0n) is 39.8. The van der Waals surface area contributed by atoms with E-state index in [1.54, 1.807) is 63.2 Å². The zero-order chi connectivity index (χ0) is 50.1. The third kappa shape index (κ3) is 15.8. The van der Waals surface area contributed by atoms with Crippen molar-refractivity contribution < 1.29 is 47.0 Å². The number of anilines is 1. The number of ketones is 1. The van der Waals surface area contributed by atoms with Crippen LogP contribution in [0, 0.1) is 11.8 Å². The van der Waals surface area contributed by atoms with Crippen LogP contribution < -0.4 is 30.9 Å². The SMILES string of the molecule is CC[C@H](C)[C@H](NC(=O)[C@@H](NC(=O)[C@H](CSC/C=C(\C)COCc1ccc(C(=O)c2ccccc2)cc1)NC(=O)CNS(=O)(=O)c1cccc2c(N(C)C)cccc12)C(C)C)C(=O)N[C@@H](C)C(=O)O. The molecule has 0 aliphatic heterocycles. The number of rotatable bonds is 26. The molecule has 4 rings (SSSR count). The van der Waals surface area contributed by atoms with Gasteiger partial charge in [0.2, 0.25) is 33.7 Å². The molecule has 0 fully saturated rings. The number of sulfonamides is 1. The minimum absolute atomic E-state index is 0.0247. The molecular weight excluding hydrogens is 909 g/mol. The highest BCUT2D eigenvalue weighted by molar-refractivity contribution is 7.99. The number of nitrogens with zero attached hydrogens (tertiary/aromatic N) is 1. The molecule has 0 bridgehead atoms. The van der Waals surface area contributed by atoms with Crippen molar-refractivity contribution in [2.75, 3.05) is 43.7 Å². The summed E-state index contributed by atoms with van der Waals surface area (Å²) in [6, 6.07) is 21.7. The first-order valence-corrected chi connectivity index (χ1v) is 25.0. The van der Waals surface area contributed by atoms with Gasteiger partial charge >= 0.3 is 5.97 Å². The molecule has 68 heavy (non-hydrogen) atoms. The van der Waals surface area contributed by atoms with Crippen LogP contribution in [-0.4, -0.2) is 112 Å². The van der Waals surface area contributed by atoms with Gasteiger partial charge in [0, 0.05) is 53.2 Å². The summed E-state index contributed by atoms with van der Waals surface area (Å²) in [6.07, 6.45) is 2.39. The van der Waals surface area contributed by atoms with Gasteiger partial charge in [0.25, 0.3) is 0 Å². The number of aliphatic carboxylic acids is 1. The molecule has 0 radical (unpaired) electrons. The van der Waals surface area contributed by atoms with E-state index in [2.05, 4.69) is 26.0 Å². The lowest BCUT2D eigenvalue weighted by molar-refractivity contribution is -0.142. The largest absolute Gasteiger partial charge is 0.480 e. The number of thioether (sulfide) groups is 1. The fourth-order valence-corrected chi connectivity index (χ4v) is 9.15. The van der Waals surface area contributed by atoms with Crippen molar-refractivity contribution in [3.05, 3.63) is 119 Å². The molecule has 0 spiro atoms. The molecule has 18 heteroatoms. The van der Waals surface area contributed by atoms with Crippen LogP contribution in [0.3, 0.4) is 0 Å². The molecular formula is C50H64N6O10S2. The zero-order valence-corrected chi connectivity index (χ0v) is 41.5. The molecule has 6 N–H and O–H groups in total. The van der Waals surface area contributed by atoms with E-state index in [4.69, 9.17) is 4.74 Å². The highest BCUT2D eigenvalue weighted by Crippen LogP contribution is 2.30. The number of benzene rings is 4. The van der Waals surface area contributed by atoms with Crippen molar-refractivity contribution in [1.29, 1.82) is 0 Å². The predicted molar refractivity (Wildman–Crippen MR) is 266 cm³/mol. The Morgan fingerprint density at radius 1 is 0.750 bits per heavy atom. The van der Waals surface area contributed by atoms with Crippen LogP contribution in [0.4, 0.5) is 5.69 Å². The molecule has 366 valence electrons. The average molecular weight is 973 g/mol. The number of ether oxygens (including phenoxy) is 1. The number of amides is 4. The third-order valence-electron chi connectivity index (χ3n) is 11.2. The van der Waals surface area contributed by atoms with Gasteiger partial charge < -0.3 is 36.0 Å². The van der Waals surface area contributed by atoms with E-state index < -0.39 is 82.2 Å². The lowest BCUT2D eigenvalue weighted by Gasteiger charge is -2.29. The number of carboxylic acid groups (broad SMARTS) is 1. The number of carbonyl (C=O) groups excluding carboxylic acids is 5. The maximum Gasteiger partial charge on any atom is 0.325 e. The van der Waals surface area contributed by atoms with Crippen LogP contribution >= 0.6 is 11.8 Å². The molecule has 0 aliphatic carbocycles. The van der Waals surface area contributed by atoms with Crippen LogP contribution in [0.15, 0.2) is 108 Å². The molecule has 0 saturated heterocycles. The number of carbonyl (C=O) groups is 6. The van der Waals surface area contributed by atoms with Crippen molar-refractivity contribution >= 4 is 73.6 Å². The van der Waals surface area contributed by atoms with Gasteiger partial charge in [0.05, 0.1) is 24.7 Å². The first kappa shape index (κ1) is 54.5. The highest BCUT2D eigenvalue weighted by Gasteiger charge is 2.34. The van der Waals surface area contributed by atoms with Crippen molar-refractivity contribution in [1.82, 2.24) is 26.0 Å². The fraction of sp³-hybridized carbons (Fsp3) is 0.400. The van der Waals surface area contributed by atoms with Crippen LogP contribution in [0.1, 0.15) is 69.4 Å². The Hall–Kier alpha value is -6.08. The van der Waals surface area contributed by atoms with E-state index in [-0.39, 0.29) is 16.4 Å².